The van der Waals surface area contributed by atoms with Crippen LogP contribution in [-0.4, -0.2) is 40.4 Å². The molecule has 2 bridgehead atoms. The summed E-state index contributed by atoms with van der Waals surface area (Å²) in [5.74, 6) is -3.48. The quantitative estimate of drug-likeness (QED) is 0.511. The second-order valence-corrected chi connectivity index (χ2v) is 9.39. The summed E-state index contributed by atoms with van der Waals surface area (Å²) in [5, 5.41) is 14.3. The molecule has 7 nitrogen and oxygen atoms in total. The van der Waals surface area contributed by atoms with Crippen LogP contribution in [0.4, 0.5) is 8.78 Å². The predicted molar refractivity (Wildman–Crippen MR) is 128 cm³/mol. The Balaban J connectivity index is 1.81. The van der Waals surface area contributed by atoms with Crippen LogP contribution < -0.4 is 15.2 Å². The van der Waals surface area contributed by atoms with Gasteiger partial charge in [0.05, 0.1) is 0 Å². The Morgan fingerprint density at radius 3 is 2.74 bits per heavy atom. The van der Waals surface area contributed by atoms with Gasteiger partial charge in [0.15, 0.2) is 23.0 Å². The van der Waals surface area contributed by atoms with E-state index in [9.17, 15) is 19.1 Å². The number of aryl methyl sites for hydroxylation is 1. The Labute approximate surface area is 204 Å². The molecule has 0 saturated carbocycles. The maximum Gasteiger partial charge on any atom is 0.277 e. The minimum atomic E-state index is -1.10. The van der Waals surface area contributed by atoms with E-state index in [-0.39, 0.29) is 24.7 Å². The molecule has 182 valence electrons. The molecule has 0 radical (unpaired) electrons. The third-order valence-corrected chi connectivity index (χ3v) is 7.32. The topological polar surface area (TPSA) is 75.0 Å². The van der Waals surface area contributed by atoms with Gasteiger partial charge in [-0.25, -0.2) is 4.39 Å². The molecule has 4 heterocycles. The first-order valence-electron chi connectivity index (χ1n) is 11.2. The van der Waals surface area contributed by atoms with Gasteiger partial charge in [-0.1, -0.05) is 12.2 Å². The van der Waals surface area contributed by atoms with Crippen LogP contribution in [0.15, 0.2) is 52.8 Å². The first-order chi connectivity index (χ1) is 16.9. The lowest BCUT2D eigenvalue weighted by Gasteiger charge is -2.44. The number of amides is 1. The van der Waals surface area contributed by atoms with E-state index in [2.05, 4.69) is 0 Å². The van der Waals surface area contributed by atoms with E-state index in [0.29, 0.717) is 24.9 Å². The zero-order valence-electron chi connectivity index (χ0n) is 18.9. The fraction of sp³-hybridized carbons (Fsp3) is 0.280. The van der Waals surface area contributed by atoms with Crippen LogP contribution in [0.25, 0.3) is 0 Å². The number of ether oxygens (including phenoxy) is 1. The van der Waals surface area contributed by atoms with Crippen molar-refractivity contribution in [1.29, 1.82) is 0 Å². The van der Waals surface area contributed by atoms with Crippen molar-refractivity contribution in [2.24, 2.45) is 0 Å². The molecule has 35 heavy (non-hydrogen) atoms. The van der Waals surface area contributed by atoms with E-state index >= 15 is 4.39 Å². The summed E-state index contributed by atoms with van der Waals surface area (Å²) in [7, 11) is 0. The van der Waals surface area contributed by atoms with Crippen molar-refractivity contribution in [3.8, 4) is 11.5 Å². The second kappa shape index (κ2) is 9.18. The molecule has 3 aromatic rings. The molecule has 0 unspecified atom stereocenters. The van der Waals surface area contributed by atoms with E-state index in [4.69, 9.17) is 4.74 Å². The molecule has 0 spiro atoms. The molecule has 1 atom stereocenters. The predicted octanol–water partition coefficient (Wildman–Crippen LogP) is 4.07. The number of benzene rings is 1. The lowest BCUT2D eigenvalue weighted by atomic mass is 10.00. The lowest BCUT2D eigenvalue weighted by Crippen LogP contribution is -2.55. The summed E-state index contributed by atoms with van der Waals surface area (Å²) in [6, 6.07) is 4.91. The Hall–Kier alpha value is -3.66. The molecule has 2 aromatic heterocycles. The molecule has 1 N–H and O–H groups in total. The van der Waals surface area contributed by atoms with Crippen LogP contribution >= 0.6 is 11.3 Å². The number of rotatable bonds is 1. The van der Waals surface area contributed by atoms with E-state index < -0.39 is 34.8 Å². The fourth-order valence-corrected chi connectivity index (χ4v) is 5.54. The third kappa shape index (κ3) is 3.97. The van der Waals surface area contributed by atoms with Gasteiger partial charge in [0.2, 0.25) is 11.2 Å². The number of halogens is 2. The van der Waals surface area contributed by atoms with Gasteiger partial charge in [-0.15, -0.1) is 11.3 Å². The normalized spacial score (nSPS) is 19.1. The number of nitrogens with zero attached hydrogens (tertiary/aromatic N) is 3. The van der Waals surface area contributed by atoms with Crippen LogP contribution in [0.3, 0.4) is 0 Å². The lowest BCUT2D eigenvalue weighted by molar-refractivity contribution is 0.0678. The highest BCUT2D eigenvalue weighted by atomic mass is 32.1. The van der Waals surface area contributed by atoms with Gasteiger partial charge in [-0.05, 0) is 48.9 Å². The summed E-state index contributed by atoms with van der Waals surface area (Å²) in [6.07, 6.45) is 6.28. The molecule has 1 aromatic carbocycles. The number of allylic oxidation sites excluding steroid dienone is 1. The molecule has 1 amide bonds. The van der Waals surface area contributed by atoms with E-state index in [0.717, 1.165) is 16.5 Å². The average molecular weight is 500 g/mol. The van der Waals surface area contributed by atoms with Gasteiger partial charge >= 0.3 is 0 Å². The molecule has 0 saturated heterocycles. The highest BCUT2D eigenvalue weighted by Gasteiger charge is 2.38. The molecule has 2 aliphatic rings. The number of carbonyl (C=O) groups excluding carboxylic acids is 1. The monoisotopic (exact) mass is 499 g/mol. The Kier molecular flexibility index (Phi) is 6.06. The van der Waals surface area contributed by atoms with Crippen LogP contribution in [0, 0.1) is 18.6 Å². The van der Waals surface area contributed by atoms with Gasteiger partial charge in [0.25, 0.3) is 5.91 Å². The van der Waals surface area contributed by atoms with Crippen molar-refractivity contribution in [3.05, 3.63) is 91.6 Å². The number of fused-ring (bicyclic) bond motifs is 5. The van der Waals surface area contributed by atoms with Crippen molar-refractivity contribution in [1.82, 2.24) is 9.58 Å². The molecule has 0 aliphatic carbocycles. The van der Waals surface area contributed by atoms with Crippen molar-refractivity contribution in [3.63, 3.8) is 0 Å². The number of carbonyl (C=O) groups is 1. The van der Waals surface area contributed by atoms with Gasteiger partial charge in [-0.2, -0.15) is 4.39 Å². The first kappa shape index (κ1) is 23.1. The maximum atomic E-state index is 15.1. The highest BCUT2D eigenvalue weighted by Crippen LogP contribution is 2.41. The SMILES string of the molecule is Cc1ccsc1[C@@H]1c2ccc(F)c(F)c2OC/C=C/CCCN2CN1n1ccc(=O)c(O)c1C2=O. The summed E-state index contributed by atoms with van der Waals surface area (Å²) in [6.45, 7) is 2.44. The highest BCUT2D eigenvalue weighted by molar-refractivity contribution is 7.10. The van der Waals surface area contributed by atoms with Crippen LogP contribution in [-0.2, 0) is 0 Å². The Morgan fingerprint density at radius 1 is 1.14 bits per heavy atom. The van der Waals surface area contributed by atoms with Gasteiger partial charge in [0, 0.05) is 29.2 Å². The molecule has 10 heteroatoms. The van der Waals surface area contributed by atoms with Gasteiger partial charge < -0.3 is 14.7 Å². The molecular weight excluding hydrogens is 476 g/mol. The standard InChI is InChI=1S/C25H23F2N3O4S/c1-15-9-13-35-24(15)20-16-6-7-17(26)19(27)23(16)34-12-5-3-2-4-10-28-14-30(20)29-11-8-18(31)22(32)21(29)25(28)33/h3,5-9,11,13,20,32H,2,4,10,12,14H2,1H3/b5-3+/t20-/m0/s1. The zero-order valence-corrected chi connectivity index (χ0v) is 19.7. The third-order valence-electron chi connectivity index (χ3n) is 6.25. The van der Waals surface area contributed by atoms with Gasteiger partial charge in [-0.3, -0.25) is 19.3 Å². The molecule has 2 aliphatic heterocycles. The van der Waals surface area contributed by atoms with Crippen molar-refractivity contribution in [2.75, 3.05) is 24.8 Å². The minimum Gasteiger partial charge on any atom is -0.502 e. The molecular formula is C25H23F2N3O4S. The van der Waals surface area contributed by atoms with E-state index in [1.165, 1.54) is 34.3 Å². The number of hydrogen-bond donors (Lipinski definition) is 1. The van der Waals surface area contributed by atoms with Crippen LogP contribution in [0.1, 0.15) is 45.4 Å². The smallest absolute Gasteiger partial charge is 0.277 e. The average Bonchev–Trinajstić information content (AvgIpc) is 3.26. The van der Waals surface area contributed by atoms with Crippen LogP contribution in [0.2, 0.25) is 0 Å². The van der Waals surface area contributed by atoms with Crippen LogP contribution in [0.5, 0.6) is 11.5 Å². The van der Waals surface area contributed by atoms with Crippen molar-refractivity contribution >= 4 is 17.2 Å². The number of aromatic hydroxyl groups is 1. The minimum absolute atomic E-state index is 0.0518. The number of aromatic nitrogens is 1. The summed E-state index contributed by atoms with van der Waals surface area (Å²) in [4.78, 5) is 27.9. The van der Waals surface area contributed by atoms with Gasteiger partial charge in [0.1, 0.15) is 19.3 Å². The Bertz CT molecular complexity index is 1380. The second-order valence-electron chi connectivity index (χ2n) is 8.45. The summed E-state index contributed by atoms with van der Waals surface area (Å²) < 4.78 is 36.6. The summed E-state index contributed by atoms with van der Waals surface area (Å²) in [5.41, 5.74) is 0.432. The van der Waals surface area contributed by atoms with Crippen molar-refractivity contribution in [2.45, 2.75) is 25.8 Å². The number of thiophene rings is 1. The molecule has 0 fully saturated rings. The van der Waals surface area contributed by atoms with E-state index in [1.807, 2.05) is 24.4 Å². The fourth-order valence-electron chi connectivity index (χ4n) is 4.49. The van der Waals surface area contributed by atoms with Crippen molar-refractivity contribution < 1.29 is 23.4 Å². The largest absolute Gasteiger partial charge is 0.502 e. The first-order valence-corrected chi connectivity index (χ1v) is 12.1. The summed E-state index contributed by atoms with van der Waals surface area (Å²) >= 11 is 1.43. The zero-order chi connectivity index (χ0) is 24.7. The Morgan fingerprint density at radius 2 is 1.97 bits per heavy atom. The number of pyridine rings is 1. The molecule has 5 rings (SSSR count). The maximum absolute atomic E-state index is 15.1. The number of hydrogen-bond acceptors (Lipinski definition) is 6. The van der Waals surface area contributed by atoms with E-state index in [1.54, 1.807) is 16.0 Å².